The van der Waals surface area contributed by atoms with E-state index >= 15 is 0 Å². The van der Waals surface area contributed by atoms with E-state index in [1.54, 1.807) is 0 Å². The molecule has 4 heteroatoms. The summed E-state index contributed by atoms with van der Waals surface area (Å²) in [5.74, 6) is 1.78. The number of rotatable bonds is 3. The van der Waals surface area contributed by atoms with Gasteiger partial charge in [0.2, 0.25) is 0 Å². The van der Waals surface area contributed by atoms with Gasteiger partial charge < -0.3 is 9.84 Å². The molecule has 1 N–H and O–H groups in total. The summed E-state index contributed by atoms with van der Waals surface area (Å²) < 4.78 is 5.16. The SMILES string of the molecule is Cc1cc(CN2CCCNC(C)(C3CC3)C2)no1. The van der Waals surface area contributed by atoms with Crippen molar-refractivity contribution in [2.75, 3.05) is 19.6 Å². The van der Waals surface area contributed by atoms with Crippen molar-refractivity contribution in [3.63, 3.8) is 0 Å². The van der Waals surface area contributed by atoms with Crippen LogP contribution in [-0.2, 0) is 6.54 Å². The van der Waals surface area contributed by atoms with Gasteiger partial charge in [-0.05, 0) is 52.1 Å². The van der Waals surface area contributed by atoms with Gasteiger partial charge in [-0.3, -0.25) is 4.90 Å². The monoisotopic (exact) mass is 249 g/mol. The van der Waals surface area contributed by atoms with Crippen LogP contribution in [0, 0.1) is 12.8 Å². The number of hydrogen-bond acceptors (Lipinski definition) is 4. The summed E-state index contributed by atoms with van der Waals surface area (Å²) in [6, 6.07) is 2.05. The van der Waals surface area contributed by atoms with Gasteiger partial charge in [-0.1, -0.05) is 5.16 Å². The van der Waals surface area contributed by atoms with Gasteiger partial charge in [0.15, 0.2) is 0 Å². The molecule has 0 amide bonds. The Morgan fingerprint density at radius 1 is 1.56 bits per heavy atom. The van der Waals surface area contributed by atoms with Crippen LogP contribution in [0.25, 0.3) is 0 Å². The van der Waals surface area contributed by atoms with Crippen LogP contribution in [0.4, 0.5) is 0 Å². The maximum absolute atomic E-state index is 5.16. The highest BCUT2D eigenvalue weighted by Gasteiger charge is 2.42. The minimum Gasteiger partial charge on any atom is -0.361 e. The van der Waals surface area contributed by atoms with Crippen molar-refractivity contribution in [1.29, 1.82) is 0 Å². The van der Waals surface area contributed by atoms with E-state index < -0.39 is 0 Å². The molecule has 1 saturated heterocycles. The van der Waals surface area contributed by atoms with E-state index in [1.807, 2.05) is 13.0 Å². The van der Waals surface area contributed by atoms with Gasteiger partial charge in [-0.2, -0.15) is 0 Å². The number of nitrogens with one attached hydrogen (secondary N) is 1. The van der Waals surface area contributed by atoms with Gasteiger partial charge in [-0.25, -0.2) is 0 Å². The molecule has 1 saturated carbocycles. The second-order valence-electron chi connectivity index (χ2n) is 6.11. The van der Waals surface area contributed by atoms with E-state index in [0.717, 1.165) is 43.6 Å². The van der Waals surface area contributed by atoms with Crippen molar-refractivity contribution in [3.05, 3.63) is 17.5 Å². The van der Waals surface area contributed by atoms with E-state index in [2.05, 4.69) is 22.3 Å². The summed E-state index contributed by atoms with van der Waals surface area (Å²) in [7, 11) is 0. The Bertz CT molecular complexity index is 413. The Labute approximate surface area is 109 Å². The Balaban J connectivity index is 1.67. The molecule has 1 aromatic rings. The van der Waals surface area contributed by atoms with Gasteiger partial charge in [0, 0.05) is 24.7 Å². The predicted octanol–water partition coefficient (Wildman–Crippen LogP) is 1.95. The molecule has 2 fully saturated rings. The highest BCUT2D eigenvalue weighted by atomic mass is 16.5. The Morgan fingerprint density at radius 2 is 2.39 bits per heavy atom. The smallest absolute Gasteiger partial charge is 0.133 e. The predicted molar refractivity (Wildman–Crippen MR) is 70.3 cm³/mol. The zero-order valence-corrected chi connectivity index (χ0v) is 11.4. The zero-order valence-electron chi connectivity index (χ0n) is 11.4. The molecule has 2 aliphatic rings. The molecule has 2 heterocycles. The minimum atomic E-state index is 0.301. The summed E-state index contributed by atoms with van der Waals surface area (Å²) in [5, 5.41) is 7.87. The number of aromatic nitrogens is 1. The number of hydrogen-bond donors (Lipinski definition) is 1. The summed E-state index contributed by atoms with van der Waals surface area (Å²) in [6.07, 6.45) is 4.00. The van der Waals surface area contributed by atoms with Crippen molar-refractivity contribution in [2.24, 2.45) is 5.92 Å². The maximum atomic E-state index is 5.16. The first-order chi connectivity index (χ1) is 8.66. The first-order valence-electron chi connectivity index (χ1n) is 7.05. The maximum Gasteiger partial charge on any atom is 0.133 e. The van der Waals surface area contributed by atoms with E-state index in [-0.39, 0.29) is 0 Å². The van der Waals surface area contributed by atoms with Gasteiger partial charge >= 0.3 is 0 Å². The molecule has 0 radical (unpaired) electrons. The van der Waals surface area contributed by atoms with Crippen molar-refractivity contribution < 1.29 is 4.52 Å². The molecule has 1 aliphatic heterocycles. The summed E-state index contributed by atoms with van der Waals surface area (Å²) in [6.45, 7) is 8.68. The molecule has 1 atom stereocenters. The van der Waals surface area contributed by atoms with Gasteiger partial charge in [0.1, 0.15) is 5.76 Å². The second-order valence-corrected chi connectivity index (χ2v) is 6.11. The third-order valence-corrected chi connectivity index (χ3v) is 4.27. The normalized spacial score (nSPS) is 30.3. The van der Waals surface area contributed by atoms with Crippen LogP contribution in [0.5, 0.6) is 0 Å². The molecule has 0 spiro atoms. The topological polar surface area (TPSA) is 41.3 Å². The zero-order chi connectivity index (χ0) is 12.6. The van der Waals surface area contributed by atoms with E-state index in [1.165, 1.54) is 19.3 Å². The Kier molecular flexibility index (Phi) is 3.16. The van der Waals surface area contributed by atoms with Crippen LogP contribution in [0.2, 0.25) is 0 Å². The van der Waals surface area contributed by atoms with Crippen molar-refractivity contribution in [3.8, 4) is 0 Å². The lowest BCUT2D eigenvalue weighted by Crippen LogP contribution is -2.50. The van der Waals surface area contributed by atoms with Crippen LogP contribution >= 0.6 is 0 Å². The molecule has 1 aliphatic carbocycles. The fourth-order valence-corrected chi connectivity index (χ4v) is 3.13. The fourth-order valence-electron chi connectivity index (χ4n) is 3.13. The average molecular weight is 249 g/mol. The summed E-state index contributed by atoms with van der Waals surface area (Å²) in [5.41, 5.74) is 1.36. The first-order valence-corrected chi connectivity index (χ1v) is 7.05. The second kappa shape index (κ2) is 4.67. The quantitative estimate of drug-likeness (QED) is 0.889. The van der Waals surface area contributed by atoms with Gasteiger partial charge in [-0.15, -0.1) is 0 Å². The molecule has 1 aromatic heterocycles. The average Bonchev–Trinajstić information content (AvgIpc) is 3.11. The summed E-state index contributed by atoms with van der Waals surface area (Å²) in [4.78, 5) is 2.52. The van der Waals surface area contributed by atoms with Crippen LogP contribution in [0.1, 0.15) is 37.6 Å². The molecule has 0 bridgehead atoms. The van der Waals surface area contributed by atoms with Crippen molar-refractivity contribution in [2.45, 2.75) is 45.2 Å². The molecule has 18 heavy (non-hydrogen) atoms. The van der Waals surface area contributed by atoms with Crippen LogP contribution in [-0.4, -0.2) is 35.2 Å². The molecule has 1 unspecified atom stereocenters. The van der Waals surface area contributed by atoms with Crippen molar-refractivity contribution >= 4 is 0 Å². The number of nitrogens with zero attached hydrogens (tertiary/aromatic N) is 2. The van der Waals surface area contributed by atoms with E-state index in [0.29, 0.717) is 5.54 Å². The minimum absolute atomic E-state index is 0.301. The molecule has 4 nitrogen and oxygen atoms in total. The van der Waals surface area contributed by atoms with E-state index in [9.17, 15) is 0 Å². The Hall–Kier alpha value is -0.870. The molecule has 0 aromatic carbocycles. The van der Waals surface area contributed by atoms with Gasteiger partial charge in [0.25, 0.3) is 0 Å². The lowest BCUT2D eigenvalue weighted by atomic mass is 9.95. The fraction of sp³-hybridized carbons (Fsp3) is 0.786. The molecule has 3 rings (SSSR count). The summed E-state index contributed by atoms with van der Waals surface area (Å²) >= 11 is 0. The van der Waals surface area contributed by atoms with Gasteiger partial charge in [0.05, 0.1) is 5.69 Å². The lowest BCUT2D eigenvalue weighted by molar-refractivity contribution is 0.191. The lowest BCUT2D eigenvalue weighted by Gasteiger charge is -2.33. The molecular weight excluding hydrogens is 226 g/mol. The molecular formula is C14H23N3O. The highest BCUT2D eigenvalue weighted by molar-refractivity contribution is 5.05. The standard InChI is InChI=1S/C14H23N3O/c1-11-8-13(16-18-11)9-17-7-3-6-15-14(2,10-17)12-4-5-12/h8,12,15H,3-7,9-10H2,1-2H3. The van der Waals surface area contributed by atoms with Crippen LogP contribution in [0.3, 0.4) is 0 Å². The van der Waals surface area contributed by atoms with Crippen LogP contribution < -0.4 is 5.32 Å². The van der Waals surface area contributed by atoms with E-state index in [4.69, 9.17) is 4.52 Å². The third kappa shape index (κ3) is 2.59. The van der Waals surface area contributed by atoms with Crippen LogP contribution in [0.15, 0.2) is 10.6 Å². The third-order valence-electron chi connectivity index (χ3n) is 4.27. The highest BCUT2D eigenvalue weighted by Crippen LogP contribution is 2.40. The first kappa shape index (κ1) is 12.2. The number of aryl methyl sites for hydroxylation is 1. The Morgan fingerprint density at radius 3 is 3.06 bits per heavy atom. The van der Waals surface area contributed by atoms with Crippen molar-refractivity contribution in [1.82, 2.24) is 15.4 Å². The largest absolute Gasteiger partial charge is 0.361 e. The molecule has 100 valence electrons.